The summed E-state index contributed by atoms with van der Waals surface area (Å²) in [5.41, 5.74) is 2.73. The van der Waals surface area contributed by atoms with Gasteiger partial charge in [-0.1, -0.05) is 79.5 Å². The number of hydrogen-bond acceptors (Lipinski definition) is 3. The number of rotatable bonds is 6. The first kappa shape index (κ1) is 25.7. The van der Waals surface area contributed by atoms with Gasteiger partial charge in [0, 0.05) is 17.1 Å². The number of carbonyl (C=O) groups is 1. The molecule has 0 N–H and O–H groups in total. The van der Waals surface area contributed by atoms with E-state index >= 15 is 0 Å². The SMILES string of the molecule is Cc1ccc(-n2c(C(C)N(CC(C)C)C(=O)c3cccc4ccccc34)nc3cc(Cl)ccc3c2=O)cc1. The van der Waals surface area contributed by atoms with E-state index < -0.39 is 6.04 Å². The van der Waals surface area contributed by atoms with Gasteiger partial charge in [0.05, 0.1) is 22.6 Å². The maximum absolute atomic E-state index is 14.2. The molecule has 5 rings (SSSR count). The number of nitrogens with zero attached hydrogens (tertiary/aromatic N) is 3. The Hall–Kier alpha value is -3.96. The summed E-state index contributed by atoms with van der Waals surface area (Å²) < 4.78 is 1.63. The topological polar surface area (TPSA) is 55.2 Å². The van der Waals surface area contributed by atoms with Crippen LogP contribution in [0.4, 0.5) is 0 Å². The molecule has 0 aliphatic heterocycles. The summed E-state index contributed by atoms with van der Waals surface area (Å²) in [6.45, 7) is 8.60. The summed E-state index contributed by atoms with van der Waals surface area (Å²) in [5, 5.41) is 2.88. The van der Waals surface area contributed by atoms with Gasteiger partial charge in [-0.05, 0) is 66.9 Å². The number of benzene rings is 4. The Morgan fingerprint density at radius 1 is 0.921 bits per heavy atom. The number of amides is 1. The van der Waals surface area contributed by atoms with Crippen molar-refractivity contribution in [2.45, 2.75) is 33.7 Å². The molecule has 0 aliphatic rings. The molecule has 1 heterocycles. The fourth-order valence-corrected chi connectivity index (χ4v) is 5.08. The van der Waals surface area contributed by atoms with Crippen LogP contribution in [0.25, 0.3) is 27.4 Å². The van der Waals surface area contributed by atoms with Crippen LogP contribution >= 0.6 is 11.6 Å². The highest BCUT2D eigenvalue weighted by atomic mass is 35.5. The molecular weight excluding hydrogens is 494 g/mol. The van der Waals surface area contributed by atoms with Crippen molar-refractivity contribution in [3.63, 3.8) is 0 Å². The molecule has 0 spiro atoms. The Morgan fingerprint density at radius 2 is 1.63 bits per heavy atom. The molecular formula is C32H30ClN3O2. The number of halogens is 1. The van der Waals surface area contributed by atoms with E-state index in [9.17, 15) is 9.59 Å². The minimum Gasteiger partial charge on any atom is -0.328 e. The van der Waals surface area contributed by atoms with Gasteiger partial charge in [0.2, 0.25) is 0 Å². The van der Waals surface area contributed by atoms with Crippen LogP contribution in [-0.4, -0.2) is 26.9 Å². The Morgan fingerprint density at radius 3 is 2.37 bits per heavy atom. The third-order valence-electron chi connectivity index (χ3n) is 6.83. The maximum atomic E-state index is 14.2. The second-order valence-corrected chi connectivity index (χ2v) is 10.6. The van der Waals surface area contributed by atoms with Crippen LogP contribution in [0.5, 0.6) is 0 Å². The summed E-state index contributed by atoms with van der Waals surface area (Å²) in [5.74, 6) is 0.590. The van der Waals surface area contributed by atoms with Crippen molar-refractivity contribution in [3.05, 3.63) is 117 Å². The van der Waals surface area contributed by atoms with Crippen molar-refractivity contribution in [2.75, 3.05) is 6.54 Å². The smallest absolute Gasteiger partial charge is 0.266 e. The summed E-state index contributed by atoms with van der Waals surface area (Å²) in [6, 6.07) is 26.0. The Balaban J connectivity index is 1.72. The van der Waals surface area contributed by atoms with Gasteiger partial charge in [-0.25, -0.2) is 4.98 Å². The van der Waals surface area contributed by atoms with E-state index in [1.54, 1.807) is 22.8 Å². The minimum atomic E-state index is -0.499. The van der Waals surface area contributed by atoms with Crippen molar-refractivity contribution in [2.24, 2.45) is 5.92 Å². The Labute approximate surface area is 227 Å². The highest BCUT2D eigenvalue weighted by molar-refractivity contribution is 6.31. The summed E-state index contributed by atoms with van der Waals surface area (Å²) >= 11 is 6.28. The zero-order valence-corrected chi connectivity index (χ0v) is 22.7. The lowest BCUT2D eigenvalue weighted by Gasteiger charge is -2.32. The highest BCUT2D eigenvalue weighted by Crippen LogP contribution is 2.28. The van der Waals surface area contributed by atoms with Crippen molar-refractivity contribution < 1.29 is 4.79 Å². The second-order valence-electron chi connectivity index (χ2n) is 10.2. The van der Waals surface area contributed by atoms with Crippen molar-refractivity contribution >= 4 is 39.2 Å². The van der Waals surface area contributed by atoms with E-state index in [0.29, 0.717) is 39.5 Å². The minimum absolute atomic E-state index is 0.0982. The Kier molecular flexibility index (Phi) is 7.04. The molecule has 0 aliphatic carbocycles. The molecule has 1 aromatic heterocycles. The average molecular weight is 524 g/mol. The van der Waals surface area contributed by atoms with Gasteiger partial charge < -0.3 is 4.90 Å². The lowest BCUT2D eigenvalue weighted by atomic mass is 10.0. The average Bonchev–Trinajstić information content (AvgIpc) is 2.91. The summed E-state index contributed by atoms with van der Waals surface area (Å²) in [4.78, 5) is 34.9. The third-order valence-corrected chi connectivity index (χ3v) is 7.07. The molecule has 0 saturated heterocycles. The third kappa shape index (κ3) is 4.82. The van der Waals surface area contributed by atoms with Crippen LogP contribution < -0.4 is 5.56 Å². The monoisotopic (exact) mass is 523 g/mol. The predicted octanol–water partition coefficient (Wildman–Crippen LogP) is 7.36. The molecule has 38 heavy (non-hydrogen) atoms. The molecule has 6 heteroatoms. The van der Waals surface area contributed by atoms with Crippen LogP contribution in [0.15, 0.2) is 89.7 Å². The lowest BCUT2D eigenvalue weighted by Crippen LogP contribution is -2.39. The number of fused-ring (bicyclic) bond motifs is 2. The standard InChI is InChI=1S/C32H30ClN3O2/c1-20(2)19-35(31(37)27-11-7-9-23-8-5-6-10-26(23)27)22(4)30-34-29-18-24(33)14-17-28(29)32(38)36(30)25-15-12-21(3)13-16-25/h5-18,20,22H,19H2,1-4H3. The van der Waals surface area contributed by atoms with E-state index in [1.165, 1.54) is 0 Å². The van der Waals surface area contributed by atoms with Gasteiger partial charge in [-0.3, -0.25) is 14.2 Å². The first-order valence-corrected chi connectivity index (χ1v) is 13.2. The van der Waals surface area contributed by atoms with Gasteiger partial charge in [-0.15, -0.1) is 0 Å². The van der Waals surface area contributed by atoms with Gasteiger partial charge in [0.15, 0.2) is 0 Å². The van der Waals surface area contributed by atoms with Crippen LogP contribution in [0.2, 0.25) is 5.02 Å². The molecule has 192 valence electrons. The number of aromatic nitrogens is 2. The normalized spacial score (nSPS) is 12.3. The van der Waals surface area contributed by atoms with Gasteiger partial charge >= 0.3 is 0 Å². The highest BCUT2D eigenvalue weighted by Gasteiger charge is 2.29. The zero-order valence-electron chi connectivity index (χ0n) is 22.0. The van der Waals surface area contributed by atoms with Crippen LogP contribution in [0.3, 0.4) is 0 Å². The lowest BCUT2D eigenvalue weighted by molar-refractivity contribution is 0.0657. The molecule has 5 nitrogen and oxygen atoms in total. The van der Waals surface area contributed by atoms with E-state index in [4.69, 9.17) is 16.6 Å². The zero-order chi connectivity index (χ0) is 27.0. The number of hydrogen-bond donors (Lipinski definition) is 0. The van der Waals surface area contributed by atoms with Gasteiger partial charge in [0.25, 0.3) is 11.5 Å². The number of aryl methyl sites for hydroxylation is 1. The number of carbonyl (C=O) groups excluding carboxylic acids is 1. The van der Waals surface area contributed by atoms with Gasteiger partial charge in [0.1, 0.15) is 5.82 Å². The van der Waals surface area contributed by atoms with Crippen LogP contribution in [0, 0.1) is 12.8 Å². The largest absolute Gasteiger partial charge is 0.328 e. The van der Waals surface area contributed by atoms with E-state index in [-0.39, 0.29) is 17.4 Å². The molecule has 4 aromatic carbocycles. The molecule has 1 unspecified atom stereocenters. The van der Waals surface area contributed by atoms with Gasteiger partial charge in [-0.2, -0.15) is 0 Å². The van der Waals surface area contributed by atoms with Crippen LogP contribution in [-0.2, 0) is 0 Å². The van der Waals surface area contributed by atoms with Crippen molar-refractivity contribution in [3.8, 4) is 5.69 Å². The Bertz CT molecular complexity index is 1700. The van der Waals surface area contributed by atoms with Crippen molar-refractivity contribution in [1.82, 2.24) is 14.5 Å². The summed E-state index contributed by atoms with van der Waals surface area (Å²) in [6.07, 6.45) is 0. The molecule has 0 bridgehead atoms. The summed E-state index contributed by atoms with van der Waals surface area (Å²) in [7, 11) is 0. The fraction of sp³-hybridized carbons (Fsp3) is 0.219. The molecule has 0 saturated carbocycles. The first-order valence-electron chi connectivity index (χ1n) is 12.8. The maximum Gasteiger partial charge on any atom is 0.266 e. The molecule has 1 atom stereocenters. The molecule has 0 fully saturated rings. The predicted molar refractivity (Wildman–Crippen MR) is 155 cm³/mol. The van der Waals surface area contributed by atoms with Crippen molar-refractivity contribution in [1.29, 1.82) is 0 Å². The molecule has 5 aromatic rings. The second kappa shape index (κ2) is 10.4. The van der Waals surface area contributed by atoms with E-state index in [0.717, 1.165) is 16.3 Å². The molecule has 0 radical (unpaired) electrons. The van der Waals surface area contributed by atoms with Crippen LogP contribution in [0.1, 0.15) is 48.6 Å². The first-order chi connectivity index (χ1) is 18.2. The fourth-order valence-electron chi connectivity index (χ4n) is 4.92. The van der Waals surface area contributed by atoms with E-state index in [1.807, 2.05) is 85.5 Å². The quantitative estimate of drug-likeness (QED) is 0.233. The molecule has 1 amide bonds. The van der Waals surface area contributed by atoms with E-state index in [2.05, 4.69) is 13.8 Å².